The topological polar surface area (TPSA) is 47.0 Å². The Labute approximate surface area is 113 Å². The van der Waals surface area contributed by atoms with E-state index < -0.39 is 0 Å². The van der Waals surface area contributed by atoms with Crippen molar-refractivity contribution in [2.24, 2.45) is 0 Å². The normalized spacial score (nSPS) is 10.6. The van der Waals surface area contributed by atoms with Gasteiger partial charge in [-0.05, 0) is 23.6 Å². The first-order chi connectivity index (χ1) is 9.15. The minimum absolute atomic E-state index is 0.474. The molecule has 1 aromatic heterocycles. The van der Waals surface area contributed by atoms with Gasteiger partial charge in [-0.25, -0.2) is 9.97 Å². The third kappa shape index (κ3) is 2.84. The Morgan fingerprint density at radius 3 is 2.37 bits per heavy atom. The van der Waals surface area contributed by atoms with Crippen LogP contribution in [0.2, 0.25) is 0 Å². The monoisotopic (exact) mass is 257 g/mol. The Balaban J connectivity index is 2.48. The molecule has 0 amide bonds. The van der Waals surface area contributed by atoms with Crippen LogP contribution in [0.5, 0.6) is 5.75 Å². The van der Waals surface area contributed by atoms with Crippen LogP contribution in [0.25, 0.3) is 11.1 Å². The van der Waals surface area contributed by atoms with Gasteiger partial charge in [0.15, 0.2) is 0 Å². The Kier molecular flexibility index (Phi) is 4.00. The number of anilines is 1. The van der Waals surface area contributed by atoms with Crippen molar-refractivity contribution in [1.82, 2.24) is 9.97 Å². The van der Waals surface area contributed by atoms with Gasteiger partial charge >= 0.3 is 0 Å². The maximum Gasteiger partial charge on any atom is 0.222 e. The van der Waals surface area contributed by atoms with Crippen LogP contribution in [0, 0.1) is 0 Å². The third-order valence-electron chi connectivity index (χ3n) is 3.08. The van der Waals surface area contributed by atoms with Crippen LogP contribution in [-0.4, -0.2) is 24.1 Å². The summed E-state index contributed by atoms with van der Waals surface area (Å²) >= 11 is 0. The van der Waals surface area contributed by atoms with Gasteiger partial charge in [-0.2, -0.15) is 0 Å². The SMILES string of the molecule is CNc1ncc(-c2cc(C(C)C)ccc2OC)cn1. The highest BCUT2D eigenvalue weighted by Crippen LogP contribution is 2.32. The molecule has 1 N–H and O–H groups in total. The lowest BCUT2D eigenvalue weighted by atomic mass is 9.98. The van der Waals surface area contributed by atoms with Crippen LogP contribution in [0.4, 0.5) is 5.95 Å². The van der Waals surface area contributed by atoms with Crippen molar-refractivity contribution in [1.29, 1.82) is 0 Å². The van der Waals surface area contributed by atoms with Gasteiger partial charge in [0.25, 0.3) is 0 Å². The number of ether oxygens (including phenoxy) is 1. The molecule has 0 aliphatic heterocycles. The highest BCUT2D eigenvalue weighted by atomic mass is 16.5. The Morgan fingerprint density at radius 2 is 1.84 bits per heavy atom. The maximum absolute atomic E-state index is 5.42. The molecule has 0 fully saturated rings. The number of nitrogens with zero attached hydrogens (tertiary/aromatic N) is 2. The smallest absolute Gasteiger partial charge is 0.222 e. The van der Waals surface area contributed by atoms with Gasteiger partial charge in [0, 0.05) is 30.6 Å². The van der Waals surface area contributed by atoms with Gasteiger partial charge in [0.05, 0.1) is 7.11 Å². The largest absolute Gasteiger partial charge is 0.496 e. The van der Waals surface area contributed by atoms with Crippen molar-refractivity contribution >= 4 is 5.95 Å². The van der Waals surface area contributed by atoms with Crippen molar-refractivity contribution in [2.45, 2.75) is 19.8 Å². The molecule has 2 rings (SSSR count). The number of methoxy groups -OCH3 is 1. The zero-order chi connectivity index (χ0) is 13.8. The minimum atomic E-state index is 0.474. The Morgan fingerprint density at radius 1 is 1.16 bits per heavy atom. The first-order valence-electron chi connectivity index (χ1n) is 6.33. The van der Waals surface area contributed by atoms with Gasteiger partial charge in [0.2, 0.25) is 5.95 Å². The zero-order valence-corrected chi connectivity index (χ0v) is 11.8. The molecule has 1 heterocycles. The molecule has 0 spiro atoms. The standard InChI is InChI=1S/C15H19N3O/c1-10(2)11-5-6-14(19-4)13(7-11)12-8-17-15(16-3)18-9-12/h5-10H,1-4H3,(H,16,17,18). The molecule has 19 heavy (non-hydrogen) atoms. The summed E-state index contributed by atoms with van der Waals surface area (Å²) in [4.78, 5) is 8.49. The number of nitrogens with one attached hydrogen (secondary N) is 1. The summed E-state index contributed by atoms with van der Waals surface area (Å²) in [6, 6.07) is 6.23. The molecule has 100 valence electrons. The molecule has 1 aromatic carbocycles. The quantitative estimate of drug-likeness (QED) is 0.912. The van der Waals surface area contributed by atoms with E-state index in [1.165, 1.54) is 5.56 Å². The third-order valence-corrected chi connectivity index (χ3v) is 3.08. The van der Waals surface area contributed by atoms with E-state index in [9.17, 15) is 0 Å². The predicted octanol–water partition coefficient (Wildman–Crippen LogP) is 3.32. The van der Waals surface area contributed by atoms with E-state index in [2.05, 4.69) is 41.3 Å². The molecule has 0 aliphatic rings. The number of benzene rings is 1. The summed E-state index contributed by atoms with van der Waals surface area (Å²) in [5, 5.41) is 2.91. The summed E-state index contributed by atoms with van der Waals surface area (Å²) in [5.41, 5.74) is 3.25. The fourth-order valence-electron chi connectivity index (χ4n) is 1.91. The lowest BCUT2D eigenvalue weighted by Gasteiger charge is -2.12. The number of hydrogen-bond donors (Lipinski definition) is 1. The van der Waals surface area contributed by atoms with Crippen LogP contribution in [0.15, 0.2) is 30.6 Å². The van der Waals surface area contributed by atoms with Gasteiger partial charge in [-0.3, -0.25) is 0 Å². The first-order valence-corrected chi connectivity index (χ1v) is 6.33. The van der Waals surface area contributed by atoms with Crippen molar-refractivity contribution < 1.29 is 4.74 Å². The highest BCUT2D eigenvalue weighted by Gasteiger charge is 2.10. The molecule has 0 unspecified atom stereocenters. The van der Waals surface area contributed by atoms with E-state index >= 15 is 0 Å². The van der Waals surface area contributed by atoms with Crippen molar-refractivity contribution in [3.63, 3.8) is 0 Å². The molecule has 4 heteroatoms. The van der Waals surface area contributed by atoms with Gasteiger partial charge in [-0.1, -0.05) is 19.9 Å². The van der Waals surface area contributed by atoms with Gasteiger partial charge in [0.1, 0.15) is 5.75 Å². The molecule has 0 saturated heterocycles. The Hall–Kier alpha value is -2.10. The van der Waals surface area contributed by atoms with Crippen LogP contribution in [-0.2, 0) is 0 Å². The number of rotatable bonds is 4. The molecule has 2 aromatic rings. The zero-order valence-electron chi connectivity index (χ0n) is 11.8. The average molecular weight is 257 g/mol. The van der Waals surface area contributed by atoms with Gasteiger partial charge < -0.3 is 10.1 Å². The summed E-state index contributed by atoms with van der Waals surface area (Å²) in [5.74, 6) is 1.93. The molecule has 0 aliphatic carbocycles. The predicted molar refractivity (Wildman–Crippen MR) is 77.7 cm³/mol. The van der Waals surface area contributed by atoms with Crippen LogP contribution in [0.3, 0.4) is 0 Å². The fourth-order valence-corrected chi connectivity index (χ4v) is 1.91. The summed E-state index contributed by atoms with van der Waals surface area (Å²) in [7, 11) is 3.48. The molecule has 0 saturated carbocycles. The number of aromatic nitrogens is 2. The highest BCUT2D eigenvalue weighted by molar-refractivity contribution is 5.70. The number of hydrogen-bond acceptors (Lipinski definition) is 4. The second-order valence-electron chi connectivity index (χ2n) is 4.66. The summed E-state index contributed by atoms with van der Waals surface area (Å²) < 4.78 is 5.42. The molecule has 0 bridgehead atoms. The van der Waals surface area contributed by atoms with Crippen molar-refractivity contribution in [3.8, 4) is 16.9 Å². The second-order valence-corrected chi connectivity index (χ2v) is 4.66. The van der Waals surface area contributed by atoms with E-state index in [0.29, 0.717) is 11.9 Å². The van der Waals surface area contributed by atoms with Gasteiger partial charge in [-0.15, -0.1) is 0 Å². The lowest BCUT2D eigenvalue weighted by Crippen LogP contribution is -1.97. The molecule has 0 atom stereocenters. The second kappa shape index (κ2) is 5.69. The molecule has 0 radical (unpaired) electrons. The average Bonchev–Trinajstić information content (AvgIpc) is 2.46. The van der Waals surface area contributed by atoms with Crippen molar-refractivity contribution in [3.05, 3.63) is 36.2 Å². The van der Waals surface area contributed by atoms with Crippen molar-refractivity contribution in [2.75, 3.05) is 19.5 Å². The van der Waals surface area contributed by atoms with E-state index in [0.717, 1.165) is 16.9 Å². The summed E-state index contributed by atoms with van der Waals surface area (Å²) in [6.45, 7) is 4.35. The summed E-state index contributed by atoms with van der Waals surface area (Å²) in [6.07, 6.45) is 3.61. The maximum atomic E-state index is 5.42. The van der Waals surface area contributed by atoms with E-state index in [-0.39, 0.29) is 0 Å². The first kappa shape index (κ1) is 13.3. The molecule has 4 nitrogen and oxygen atoms in total. The van der Waals surface area contributed by atoms with Crippen LogP contribution in [0.1, 0.15) is 25.3 Å². The molecular weight excluding hydrogens is 238 g/mol. The minimum Gasteiger partial charge on any atom is -0.496 e. The van der Waals surface area contributed by atoms with E-state index in [4.69, 9.17) is 4.74 Å². The molecular formula is C15H19N3O. The Bertz CT molecular complexity index is 550. The lowest BCUT2D eigenvalue weighted by molar-refractivity contribution is 0.416. The van der Waals surface area contributed by atoms with E-state index in [1.807, 2.05) is 6.07 Å². The fraction of sp³-hybridized carbons (Fsp3) is 0.333. The van der Waals surface area contributed by atoms with Crippen LogP contribution >= 0.6 is 0 Å². The van der Waals surface area contributed by atoms with E-state index in [1.54, 1.807) is 26.6 Å². The van der Waals surface area contributed by atoms with Crippen LogP contribution < -0.4 is 10.1 Å².